The van der Waals surface area contributed by atoms with Gasteiger partial charge in [0.05, 0.1) is 16.9 Å². The van der Waals surface area contributed by atoms with E-state index in [2.05, 4.69) is 22.2 Å². The predicted molar refractivity (Wildman–Crippen MR) is 154 cm³/mol. The summed E-state index contributed by atoms with van der Waals surface area (Å²) in [5.74, 6) is 0.664. The summed E-state index contributed by atoms with van der Waals surface area (Å²) in [6.45, 7) is 3.71. The van der Waals surface area contributed by atoms with Crippen LogP contribution in [0.25, 0.3) is 11.4 Å². The highest BCUT2D eigenvalue weighted by molar-refractivity contribution is 7.99. The van der Waals surface area contributed by atoms with Crippen molar-refractivity contribution in [3.63, 3.8) is 0 Å². The molecule has 1 aliphatic rings. The molecule has 0 aliphatic carbocycles. The fourth-order valence-corrected chi connectivity index (χ4v) is 5.26. The van der Waals surface area contributed by atoms with Crippen LogP contribution in [0.1, 0.15) is 41.3 Å². The second-order valence-electron chi connectivity index (χ2n) is 9.19. The van der Waals surface area contributed by atoms with Gasteiger partial charge in [0, 0.05) is 35.8 Å². The minimum atomic E-state index is -0.348. The molecule has 0 N–H and O–H groups in total. The van der Waals surface area contributed by atoms with Crippen LogP contribution in [0.15, 0.2) is 83.1 Å². The Labute approximate surface area is 230 Å². The number of nitro groups is 1. The molecule has 0 radical (unpaired) electrons. The molecule has 0 saturated carbocycles. The number of Topliss-reactive ketones (excluding diaryl/α,β-unsaturated/α-hetero) is 1. The second kappa shape index (κ2) is 12.0. The zero-order valence-electron chi connectivity index (χ0n) is 21.6. The van der Waals surface area contributed by atoms with Crippen molar-refractivity contribution in [3.8, 4) is 11.4 Å². The van der Waals surface area contributed by atoms with Gasteiger partial charge < -0.3 is 4.90 Å². The average Bonchev–Trinajstić information content (AvgIpc) is 3.65. The van der Waals surface area contributed by atoms with E-state index in [0.29, 0.717) is 27.8 Å². The standard InChI is InChI=1S/C29H28N6O3S/c1-2-21-10-13-23(14-11-21)27(36)20-39-29-32-31-28(24-8-4-3-5-9-24)34(29)30-19-22-12-15-25(26(18-22)35(37)38)33-16-6-7-17-33/h3-5,8-15,18-19H,2,6-7,16-17,20H2,1H3/b30-19+. The van der Waals surface area contributed by atoms with E-state index in [1.165, 1.54) is 17.3 Å². The zero-order chi connectivity index (χ0) is 27.2. The number of anilines is 1. The van der Waals surface area contributed by atoms with Crippen molar-refractivity contribution in [1.29, 1.82) is 0 Å². The first kappa shape index (κ1) is 26.3. The van der Waals surface area contributed by atoms with Gasteiger partial charge in [0.1, 0.15) is 5.69 Å². The van der Waals surface area contributed by atoms with Gasteiger partial charge in [0.15, 0.2) is 11.6 Å². The highest BCUT2D eigenvalue weighted by Gasteiger charge is 2.22. The van der Waals surface area contributed by atoms with E-state index in [-0.39, 0.29) is 22.1 Å². The van der Waals surface area contributed by atoms with Gasteiger partial charge in [0.2, 0.25) is 5.16 Å². The molecule has 4 aromatic rings. The molecule has 2 heterocycles. The van der Waals surface area contributed by atoms with E-state index in [9.17, 15) is 14.9 Å². The molecule has 0 bridgehead atoms. The molecule has 198 valence electrons. The fraction of sp³-hybridized carbons (Fsp3) is 0.241. The van der Waals surface area contributed by atoms with Crippen LogP contribution in [0.3, 0.4) is 0 Å². The predicted octanol–water partition coefficient (Wildman–Crippen LogP) is 5.87. The first-order valence-electron chi connectivity index (χ1n) is 12.9. The van der Waals surface area contributed by atoms with Crippen LogP contribution in [-0.4, -0.2) is 50.6 Å². The van der Waals surface area contributed by atoms with Crippen molar-refractivity contribution < 1.29 is 9.72 Å². The number of carbonyl (C=O) groups excluding carboxylic acids is 1. The molecule has 0 spiro atoms. The van der Waals surface area contributed by atoms with Crippen LogP contribution in [0.4, 0.5) is 11.4 Å². The van der Waals surface area contributed by atoms with Gasteiger partial charge >= 0.3 is 0 Å². The van der Waals surface area contributed by atoms with E-state index in [1.807, 2.05) is 65.6 Å². The Bertz CT molecular complexity index is 1500. The van der Waals surface area contributed by atoms with Crippen LogP contribution in [0.5, 0.6) is 0 Å². The molecular formula is C29H28N6O3S. The molecule has 10 heteroatoms. The van der Waals surface area contributed by atoms with E-state index < -0.39 is 0 Å². The first-order chi connectivity index (χ1) is 19.0. The summed E-state index contributed by atoms with van der Waals surface area (Å²) in [6, 6.07) is 22.3. The summed E-state index contributed by atoms with van der Waals surface area (Å²) in [5.41, 5.74) is 3.90. The Morgan fingerprint density at radius 3 is 2.49 bits per heavy atom. The number of aromatic nitrogens is 3. The highest BCUT2D eigenvalue weighted by atomic mass is 32.2. The molecule has 39 heavy (non-hydrogen) atoms. The number of carbonyl (C=O) groups is 1. The van der Waals surface area contributed by atoms with Gasteiger partial charge in [-0.05, 0) is 30.9 Å². The maximum Gasteiger partial charge on any atom is 0.293 e. The number of nitrogens with zero attached hydrogens (tertiary/aromatic N) is 6. The second-order valence-corrected chi connectivity index (χ2v) is 10.1. The molecule has 1 aliphatic heterocycles. The highest BCUT2D eigenvalue weighted by Crippen LogP contribution is 2.31. The maximum absolute atomic E-state index is 12.8. The Morgan fingerprint density at radius 1 is 1.05 bits per heavy atom. The van der Waals surface area contributed by atoms with Gasteiger partial charge in [0.25, 0.3) is 5.69 Å². The van der Waals surface area contributed by atoms with Gasteiger partial charge in [-0.3, -0.25) is 14.9 Å². The van der Waals surface area contributed by atoms with E-state index >= 15 is 0 Å². The normalized spacial score (nSPS) is 13.3. The van der Waals surface area contributed by atoms with Crippen LogP contribution < -0.4 is 4.90 Å². The van der Waals surface area contributed by atoms with E-state index in [4.69, 9.17) is 0 Å². The lowest BCUT2D eigenvalue weighted by Gasteiger charge is -2.17. The molecule has 0 unspecified atom stereocenters. The van der Waals surface area contributed by atoms with Crippen molar-refractivity contribution in [2.24, 2.45) is 5.10 Å². The lowest BCUT2D eigenvalue weighted by Crippen LogP contribution is -2.19. The summed E-state index contributed by atoms with van der Waals surface area (Å²) in [6.07, 6.45) is 4.54. The molecule has 0 amide bonds. The number of hydrogen-bond donors (Lipinski definition) is 0. The van der Waals surface area contributed by atoms with E-state index in [1.54, 1.807) is 23.0 Å². The van der Waals surface area contributed by atoms with Crippen molar-refractivity contribution in [3.05, 3.63) is 99.6 Å². The fourth-order valence-electron chi connectivity index (χ4n) is 4.48. The van der Waals surface area contributed by atoms with Crippen molar-refractivity contribution in [2.75, 3.05) is 23.7 Å². The summed E-state index contributed by atoms with van der Waals surface area (Å²) in [7, 11) is 0. The molecule has 1 saturated heterocycles. The number of nitro benzene ring substituents is 1. The van der Waals surface area contributed by atoms with Crippen molar-refractivity contribution in [1.82, 2.24) is 14.9 Å². The van der Waals surface area contributed by atoms with Crippen molar-refractivity contribution in [2.45, 2.75) is 31.3 Å². The van der Waals surface area contributed by atoms with Gasteiger partial charge in [-0.1, -0.05) is 79.3 Å². The largest absolute Gasteiger partial charge is 0.366 e. The third-order valence-corrected chi connectivity index (χ3v) is 7.55. The molecule has 5 rings (SSSR count). The Hall–Kier alpha value is -4.31. The Balaban J connectivity index is 1.42. The number of hydrogen-bond acceptors (Lipinski definition) is 8. The minimum absolute atomic E-state index is 0.0180. The van der Waals surface area contributed by atoms with Gasteiger partial charge in [-0.25, -0.2) is 0 Å². The molecular weight excluding hydrogens is 512 g/mol. The third kappa shape index (κ3) is 6.06. The first-order valence-corrected chi connectivity index (χ1v) is 13.9. The Morgan fingerprint density at radius 2 is 1.79 bits per heavy atom. The zero-order valence-corrected chi connectivity index (χ0v) is 22.4. The monoisotopic (exact) mass is 540 g/mol. The third-order valence-electron chi connectivity index (χ3n) is 6.63. The van der Waals surface area contributed by atoms with Crippen LogP contribution >= 0.6 is 11.8 Å². The average molecular weight is 541 g/mol. The summed E-state index contributed by atoms with van der Waals surface area (Å²) in [5, 5.41) is 25.5. The summed E-state index contributed by atoms with van der Waals surface area (Å²) < 4.78 is 1.58. The van der Waals surface area contributed by atoms with Crippen LogP contribution in [0, 0.1) is 10.1 Å². The maximum atomic E-state index is 12.8. The number of ketones is 1. The SMILES string of the molecule is CCc1ccc(C(=O)CSc2nnc(-c3ccccc3)n2/N=C/c2ccc(N3CCCC3)c([N+](=O)[O-])c2)cc1. The lowest BCUT2D eigenvalue weighted by atomic mass is 10.1. The van der Waals surface area contributed by atoms with E-state index in [0.717, 1.165) is 37.9 Å². The molecule has 9 nitrogen and oxygen atoms in total. The minimum Gasteiger partial charge on any atom is -0.366 e. The van der Waals surface area contributed by atoms with Crippen LogP contribution in [-0.2, 0) is 6.42 Å². The Kier molecular flexibility index (Phi) is 8.12. The number of rotatable bonds is 10. The van der Waals surface area contributed by atoms with Gasteiger partial charge in [-0.2, -0.15) is 9.78 Å². The molecule has 1 aromatic heterocycles. The summed E-state index contributed by atoms with van der Waals surface area (Å²) >= 11 is 1.25. The molecule has 0 atom stereocenters. The quantitative estimate of drug-likeness (QED) is 0.0814. The number of aryl methyl sites for hydroxylation is 1. The topological polar surface area (TPSA) is 107 Å². The number of thioether (sulfide) groups is 1. The lowest BCUT2D eigenvalue weighted by molar-refractivity contribution is -0.384. The van der Waals surface area contributed by atoms with Crippen molar-refractivity contribution >= 4 is 35.1 Å². The van der Waals surface area contributed by atoms with Crippen LogP contribution in [0.2, 0.25) is 0 Å². The molecule has 3 aromatic carbocycles. The summed E-state index contributed by atoms with van der Waals surface area (Å²) in [4.78, 5) is 26.4. The number of benzene rings is 3. The van der Waals surface area contributed by atoms with Gasteiger partial charge in [-0.15, -0.1) is 10.2 Å². The molecule has 1 fully saturated rings. The smallest absolute Gasteiger partial charge is 0.293 e.